The fourth-order valence-electron chi connectivity index (χ4n) is 2.06. The first-order chi connectivity index (χ1) is 8.74. The van der Waals surface area contributed by atoms with Gasteiger partial charge in [0, 0.05) is 17.0 Å². The first kappa shape index (κ1) is 18.3. The minimum Gasteiger partial charge on any atom is -0.316 e. The quantitative estimate of drug-likeness (QED) is 0.460. The SMILES string of the molecule is CCCCCCCCCC(CSC(C)CC)NC. The molecule has 0 rings (SSSR count). The van der Waals surface area contributed by atoms with Crippen molar-refractivity contribution < 1.29 is 0 Å². The van der Waals surface area contributed by atoms with E-state index in [1.165, 1.54) is 63.5 Å². The van der Waals surface area contributed by atoms with Crippen LogP contribution in [0.5, 0.6) is 0 Å². The zero-order valence-electron chi connectivity index (χ0n) is 13.1. The molecule has 0 bridgehead atoms. The van der Waals surface area contributed by atoms with Crippen LogP contribution in [-0.2, 0) is 0 Å². The Kier molecular flexibility index (Phi) is 14.0. The molecule has 110 valence electrons. The molecular weight excluding hydrogens is 238 g/mol. The second-order valence-electron chi connectivity index (χ2n) is 5.45. The minimum absolute atomic E-state index is 0.722. The highest BCUT2D eigenvalue weighted by atomic mass is 32.2. The molecule has 0 heterocycles. The molecule has 0 amide bonds. The summed E-state index contributed by atoms with van der Waals surface area (Å²) in [6, 6.07) is 0.722. The van der Waals surface area contributed by atoms with E-state index >= 15 is 0 Å². The van der Waals surface area contributed by atoms with E-state index in [0.717, 1.165) is 11.3 Å². The van der Waals surface area contributed by atoms with E-state index < -0.39 is 0 Å². The molecule has 0 saturated carbocycles. The van der Waals surface area contributed by atoms with E-state index in [9.17, 15) is 0 Å². The van der Waals surface area contributed by atoms with Crippen LogP contribution in [0.1, 0.15) is 78.6 Å². The molecule has 0 aliphatic carbocycles. The number of rotatable bonds is 13. The fraction of sp³-hybridized carbons (Fsp3) is 1.00. The van der Waals surface area contributed by atoms with Crippen molar-refractivity contribution in [3.05, 3.63) is 0 Å². The Labute approximate surface area is 120 Å². The van der Waals surface area contributed by atoms with Gasteiger partial charge in [0.15, 0.2) is 0 Å². The number of hydrogen-bond donors (Lipinski definition) is 1. The summed E-state index contributed by atoms with van der Waals surface area (Å²) < 4.78 is 0. The number of unbranched alkanes of at least 4 members (excludes halogenated alkanes) is 6. The lowest BCUT2D eigenvalue weighted by molar-refractivity contribution is 0.511. The van der Waals surface area contributed by atoms with Gasteiger partial charge in [-0.05, 0) is 19.9 Å². The third kappa shape index (κ3) is 11.4. The molecule has 2 heteroatoms. The minimum atomic E-state index is 0.722. The maximum Gasteiger partial charge on any atom is 0.0155 e. The highest BCUT2D eigenvalue weighted by molar-refractivity contribution is 7.99. The molecule has 18 heavy (non-hydrogen) atoms. The van der Waals surface area contributed by atoms with Gasteiger partial charge in [0.1, 0.15) is 0 Å². The highest BCUT2D eigenvalue weighted by Crippen LogP contribution is 2.17. The van der Waals surface area contributed by atoms with Gasteiger partial charge in [-0.15, -0.1) is 0 Å². The van der Waals surface area contributed by atoms with Crippen LogP contribution >= 0.6 is 11.8 Å². The Morgan fingerprint density at radius 3 is 2.11 bits per heavy atom. The highest BCUT2D eigenvalue weighted by Gasteiger charge is 2.08. The first-order valence-corrected chi connectivity index (χ1v) is 9.08. The van der Waals surface area contributed by atoms with Crippen molar-refractivity contribution >= 4 is 11.8 Å². The van der Waals surface area contributed by atoms with E-state index in [-0.39, 0.29) is 0 Å². The Balaban J connectivity index is 3.38. The first-order valence-electron chi connectivity index (χ1n) is 8.03. The summed E-state index contributed by atoms with van der Waals surface area (Å²) >= 11 is 2.12. The van der Waals surface area contributed by atoms with E-state index in [0.29, 0.717) is 0 Å². The molecule has 0 radical (unpaired) electrons. The maximum absolute atomic E-state index is 3.47. The lowest BCUT2D eigenvalue weighted by Gasteiger charge is -2.17. The molecule has 1 nitrogen and oxygen atoms in total. The fourth-order valence-corrected chi connectivity index (χ4v) is 3.19. The molecule has 0 spiro atoms. The van der Waals surface area contributed by atoms with Crippen molar-refractivity contribution in [2.24, 2.45) is 0 Å². The van der Waals surface area contributed by atoms with Crippen LogP contribution in [0, 0.1) is 0 Å². The van der Waals surface area contributed by atoms with Crippen molar-refractivity contribution in [3.63, 3.8) is 0 Å². The van der Waals surface area contributed by atoms with Crippen LogP contribution < -0.4 is 5.32 Å². The Hall–Kier alpha value is 0.310. The van der Waals surface area contributed by atoms with E-state index in [4.69, 9.17) is 0 Å². The molecule has 0 saturated heterocycles. The van der Waals surface area contributed by atoms with Gasteiger partial charge in [-0.3, -0.25) is 0 Å². The predicted molar refractivity (Wildman–Crippen MR) is 87.7 cm³/mol. The molecule has 2 atom stereocenters. The van der Waals surface area contributed by atoms with Gasteiger partial charge in [0.05, 0.1) is 0 Å². The molecule has 1 N–H and O–H groups in total. The third-order valence-electron chi connectivity index (χ3n) is 3.72. The Morgan fingerprint density at radius 1 is 0.944 bits per heavy atom. The smallest absolute Gasteiger partial charge is 0.0155 e. The van der Waals surface area contributed by atoms with Crippen molar-refractivity contribution in [2.45, 2.75) is 89.9 Å². The summed E-state index contributed by atoms with van der Waals surface area (Å²) in [5, 5.41) is 4.29. The standard InChI is InChI=1S/C16H35NS/c1-5-7-8-9-10-11-12-13-16(17-4)14-18-15(3)6-2/h15-17H,5-14H2,1-4H3. The molecule has 2 unspecified atom stereocenters. The van der Waals surface area contributed by atoms with Crippen LogP contribution in [0.2, 0.25) is 0 Å². The topological polar surface area (TPSA) is 12.0 Å². The van der Waals surface area contributed by atoms with Crippen LogP contribution in [0.3, 0.4) is 0 Å². The second-order valence-corrected chi connectivity index (χ2v) is 6.92. The van der Waals surface area contributed by atoms with Gasteiger partial charge in [0.25, 0.3) is 0 Å². The third-order valence-corrected chi connectivity index (χ3v) is 5.22. The lowest BCUT2D eigenvalue weighted by atomic mass is 10.1. The van der Waals surface area contributed by atoms with E-state index in [1.54, 1.807) is 0 Å². The van der Waals surface area contributed by atoms with Gasteiger partial charge in [-0.25, -0.2) is 0 Å². The molecule has 0 aromatic heterocycles. The summed E-state index contributed by atoms with van der Waals surface area (Å²) in [5.41, 5.74) is 0. The van der Waals surface area contributed by atoms with Crippen LogP contribution in [0.25, 0.3) is 0 Å². The summed E-state index contributed by atoms with van der Waals surface area (Å²) in [7, 11) is 2.11. The number of nitrogens with one attached hydrogen (secondary N) is 1. The molecule has 0 aromatic rings. The zero-order chi connectivity index (χ0) is 13.6. The van der Waals surface area contributed by atoms with Gasteiger partial charge in [-0.1, -0.05) is 65.7 Å². The maximum atomic E-state index is 3.47. The predicted octanol–water partition coefficient (Wildman–Crippen LogP) is 5.25. The molecule has 0 aliphatic heterocycles. The molecule has 0 aromatic carbocycles. The molecule has 0 fully saturated rings. The van der Waals surface area contributed by atoms with Gasteiger partial charge in [-0.2, -0.15) is 11.8 Å². The van der Waals surface area contributed by atoms with Crippen molar-refractivity contribution in [1.82, 2.24) is 5.32 Å². The van der Waals surface area contributed by atoms with Crippen molar-refractivity contribution in [1.29, 1.82) is 0 Å². The van der Waals surface area contributed by atoms with Crippen LogP contribution in [0.15, 0.2) is 0 Å². The van der Waals surface area contributed by atoms with E-state index in [2.05, 4.69) is 44.9 Å². The number of thioether (sulfide) groups is 1. The number of hydrogen-bond acceptors (Lipinski definition) is 2. The summed E-state index contributed by atoms with van der Waals surface area (Å²) in [4.78, 5) is 0. The Bertz CT molecular complexity index is 161. The summed E-state index contributed by atoms with van der Waals surface area (Å²) in [6.45, 7) is 6.90. The van der Waals surface area contributed by atoms with Crippen LogP contribution in [-0.4, -0.2) is 24.1 Å². The average Bonchev–Trinajstić information content (AvgIpc) is 2.40. The van der Waals surface area contributed by atoms with Crippen molar-refractivity contribution in [3.8, 4) is 0 Å². The summed E-state index contributed by atoms with van der Waals surface area (Å²) in [6.07, 6.45) is 12.6. The zero-order valence-corrected chi connectivity index (χ0v) is 14.0. The molecule has 0 aliphatic rings. The van der Waals surface area contributed by atoms with Gasteiger partial charge >= 0.3 is 0 Å². The van der Waals surface area contributed by atoms with Crippen molar-refractivity contribution in [2.75, 3.05) is 12.8 Å². The second kappa shape index (κ2) is 13.7. The van der Waals surface area contributed by atoms with Gasteiger partial charge < -0.3 is 5.32 Å². The summed E-state index contributed by atoms with van der Waals surface area (Å²) in [5.74, 6) is 1.28. The average molecular weight is 274 g/mol. The monoisotopic (exact) mass is 273 g/mol. The van der Waals surface area contributed by atoms with E-state index in [1.807, 2.05) is 0 Å². The molecular formula is C16H35NS. The van der Waals surface area contributed by atoms with Crippen LogP contribution in [0.4, 0.5) is 0 Å². The normalized spacial score (nSPS) is 14.7. The largest absolute Gasteiger partial charge is 0.316 e. The van der Waals surface area contributed by atoms with Gasteiger partial charge in [0.2, 0.25) is 0 Å². The Morgan fingerprint density at radius 2 is 1.56 bits per heavy atom. The lowest BCUT2D eigenvalue weighted by Crippen LogP contribution is -2.28.